The van der Waals surface area contributed by atoms with E-state index >= 15 is 0 Å². The highest BCUT2D eigenvalue weighted by molar-refractivity contribution is 5.91. The van der Waals surface area contributed by atoms with Crippen LogP contribution in [-0.2, 0) is 18.4 Å². The van der Waals surface area contributed by atoms with Crippen LogP contribution in [0.1, 0.15) is 43.7 Å². The topological polar surface area (TPSA) is 148 Å². The van der Waals surface area contributed by atoms with E-state index < -0.39 is 0 Å². The molecular formula is C34H39N11O2. The molecule has 2 fully saturated rings. The predicted octanol–water partition coefficient (Wildman–Crippen LogP) is 3.95. The number of amides is 3. The van der Waals surface area contributed by atoms with Gasteiger partial charge in [-0.25, -0.2) is 14.8 Å². The van der Waals surface area contributed by atoms with Crippen molar-refractivity contribution in [2.24, 2.45) is 7.05 Å². The highest BCUT2D eigenvalue weighted by atomic mass is 16.2. The lowest BCUT2D eigenvalue weighted by molar-refractivity contribution is -0.129. The van der Waals surface area contributed by atoms with E-state index in [0.717, 1.165) is 42.4 Å². The van der Waals surface area contributed by atoms with E-state index in [0.29, 0.717) is 55.9 Å². The Balaban J connectivity index is 1.13. The monoisotopic (exact) mass is 633 g/mol. The molecule has 1 aliphatic carbocycles. The van der Waals surface area contributed by atoms with Gasteiger partial charge in [-0.2, -0.15) is 15.3 Å². The van der Waals surface area contributed by atoms with Crippen LogP contribution in [0.15, 0.2) is 67.3 Å². The van der Waals surface area contributed by atoms with Crippen LogP contribution in [0.2, 0.25) is 0 Å². The third kappa shape index (κ3) is 7.49. The van der Waals surface area contributed by atoms with Crippen molar-refractivity contribution in [1.29, 1.82) is 5.26 Å². The number of carbonyl (C=O) groups excluding carboxylic acids is 2. The lowest BCUT2D eigenvalue weighted by atomic mass is 9.90. The maximum atomic E-state index is 13.7. The number of aromatic nitrogens is 5. The van der Waals surface area contributed by atoms with Crippen LogP contribution in [0, 0.1) is 11.3 Å². The number of aryl methyl sites for hydroxylation is 1. The molecule has 0 bridgehead atoms. The summed E-state index contributed by atoms with van der Waals surface area (Å²) in [6.07, 6.45) is 10.2. The summed E-state index contributed by atoms with van der Waals surface area (Å²) in [5.74, 6) is 1.71. The third-order valence-electron chi connectivity index (χ3n) is 8.85. The van der Waals surface area contributed by atoms with Gasteiger partial charge in [0.1, 0.15) is 17.5 Å². The van der Waals surface area contributed by atoms with E-state index in [1.165, 1.54) is 0 Å². The Hall–Kier alpha value is -5.51. The second kappa shape index (κ2) is 14.3. The molecule has 13 heteroatoms. The molecule has 3 amide bonds. The first-order valence-corrected chi connectivity index (χ1v) is 16.0. The van der Waals surface area contributed by atoms with Gasteiger partial charge in [-0.15, -0.1) is 0 Å². The highest BCUT2D eigenvalue weighted by Gasteiger charge is 2.31. The zero-order chi connectivity index (χ0) is 32.8. The van der Waals surface area contributed by atoms with Crippen molar-refractivity contribution in [3.63, 3.8) is 0 Å². The van der Waals surface area contributed by atoms with Crippen LogP contribution >= 0.6 is 0 Å². The smallest absolute Gasteiger partial charge is 0.323 e. The highest BCUT2D eigenvalue weighted by Crippen LogP contribution is 2.30. The molecule has 2 N–H and O–H groups in total. The summed E-state index contributed by atoms with van der Waals surface area (Å²) in [5.41, 5.74) is 3.33. The summed E-state index contributed by atoms with van der Waals surface area (Å²) in [5, 5.41) is 20.5. The van der Waals surface area contributed by atoms with E-state index in [9.17, 15) is 14.9 Å². The van der Waals surface area contributed by atoms with Gasteiger partial charge in [0.25, 0.3) is 0 Å². The van der Waals surface area contributed by atoms with Gasteiger partial charge < -0.3 is 20.4 Å². The lowest BCUT2D eigenvalue weighted by Crippen LogP contribution is -2.49. The van der Waals surface area contributed by atoms with E-state index in [-0.39, 0.29) is 24.0 Å². The standard InChI is InChI=1S/C34H39N11O2/c1-24(46)43-14-16-44(17-15-43)32-27(18-35)21-37-33(41-32)40-29-9-11-30(12-10-29)45(34(47)38-19-25-6-4-3-5-7-25)31-13-8-26(20-36-31)28-22-39-42(2)23-28/h3-8,13,20-23,29-30H,9-12,14-17,19H2,1-2H3,(H,38,47)(H,37,40,41)/t29-,30-. The first kappa shape index (κ1) is 31.5. The van der Waals surface area contributed by atoms with Gasteiger partial charge in [-0.05, 0) is 43.4 Å². The Labute approximate surface area is 274 Å². The number of hydrogen-bond donors (Lipinski definition) is 2. The zero-order valence-electron chi connectivity index (χ0n) is 26.7. The number of pyridine rings is 1. The van der Waals surface area contributed by atoms with Gasteiger partial charge in [0, 0.05) is 82.3 Å². The maximum Gasteiger partial charge on any atom is 0.323 e. The molecule has 0 atom stereocenters. The number of urea groups is 1. The molecule has 242 valence electrons. The number of hydrogen-bond acceptors (Lipinski definition) is 9. The van der Waals surface area contributed by atoms with Crippen LogP contribution in [-0.4, -0.2) is 79.8 Å². The SMILES string of the molecule is CC(=O)N1CCN(c2nc(N[C@H]3CC[C@H](N(C(=O)NCc4ccccc4)c4ccc(-c5cnn(C)c5)cn4)CC3)ncc2C#N)CC1. The van der Waals surface area contributed by atoms with Crippen LogP contribution in [0.3, 0.4) is 0 Å². The number of rotatable bonds is 8. The zero-order valence-corrected chi connectivity index (χ0v) is 26.7. The molecule has 0 unspecified atom stereocenters. The maximum absolute atomic E-state index is 13.7. The minimum atomic E-state index is -0.183. The van der Waals surface area contributed by atoms with Crippen molar-refractivity contribution < 1.29 is 9.59 Å². The fourth-order valence-corrected chi connectivity index (χ4v) is 6.24. The Morgan fingerprint density at radius 1 is 0.957 bits per heavy atom. The molecular weight excluding hydrogens is 594 g/mol. The third-order valence-corrected chi connectivity index (χ3v) is 8.85. The molecule has 0 radical (unpaired) electrons. The fraction of sp³-hybridized carbons (Fsp3) is 0.382. The molecule has 4 aromatic rings. The minimum Gasteiger partial charge on any atom is -0.352 e. The van der Waals surface area contributed by atoms with Crippen LogP contribution < -0.4 is 20.4 Å². The molecule has 1 saturated heterocycles. The van der Waals surface area contributed by atoms with Crippen molar-refractivity contribution in [2.45, 2.75) is 51.2 Å². The first-order chi connectivity index (χ1) is 22.9. The Bertz CT molecular complexity index is 1720. The normalized spacial score (nSPS) is 17.9. The molecule has 2 aliphatic rings. The largest absolute Gasteiger partial charge is 0.352 e. The quantitative estimate of drug-likeness (QED) is 0.294. The van der Waals surface area contributed by atoms with Crippen LogP contribution in [0.4, 0.5) is 22.4 Å². The second-order valence-corrected chi connectivity index (χ2v) is 12.0. The molecule has 13 nitrogen and oxygen atoms in total. The summed E-state index contributed by atoms with van der Waals surface area (Å²) < 4.78 is 1.75. The summed E-state index contributed by atoms with van der Waals surface area (Å²) in [4.78, 5) is 45.0. The molecule has 47 heavy (non-hydrogen) atoms. The van der Waals surface area contributed by atoms with Crippen molar-refractivity contribution in [3.05, 3.63) is 78.4 Å². The van der Waals surface area contributed by atoms with Crippen molar-refractivity contribution in [2.75, 3.05) is 41.3 Å². The summed E-state index contributed by atoms with van der Waals surface area (Å²) in [6.45, 7) is 4.39. The predicted molar refractivity (Wildman–Crippen MR) is 178 cm³/mol. The number of piperazine rings is 1. The van der Waals surface area contributed by atoms with Gasteiger partial charge in [-0.1, -0.05) is 30.3 Å². The van der Waals surface area contributed by atoms with E-state index in [1.807, 2.05) is 60.6 Å². The van der Waals surface area contributed by atoms with Crippen molar-refractivity contribution >= 4 is 29.5 Å². The number of nitriles is 1. The van der Waals surface area contributed by atoms with Gasteiger partial charge in [-0.3, -0.25) is 14.4 Å². The van der Waals surface area contributed by atoms with E-state index in [2.05, 4.69) is 26.8 Å². The summed E-state index contributed by atoms with van der Waals surface area (Å²) >= 11 is 0. The van der Waals surface area contributed by atoms with E-state index in [4.69, 9.17) is 9.97 Å². The molecule has 4 heterocycles. The number of anilines is 3. The number of nitrogens with zero attached hydrogens (tertiary/aromatic N) is 9. The molecule has 1 aliphatic heterocycles. The number of benzene rings is 1. The molecule has 6 rings (SSSR count). The first-order valence-electron chi connectivity index (χ1n) is 16.0. The second-order valence-electron chi connectivity index (χ2n) is 12.0. The Kier molecular flexibility index (Phi) is 9.56. The molecule has 0 spiro atoms. The average molecular weight is 634 g/mol. The van der Waals surface area contributed by atoms with Crippen molar-refractivity contribution in [3.8, 4) is 17.2 Å². The van der Waals surface area contributed by atoms with Gasteiger partial charge in [0.2, 0.25) is 11.9 Å². The number of carbonyl (C=O) groups is 2. The van der Waals surface area contributed by atoms with Crippen LogP contribution in [0.25, 0.3) is 11.1 Å². The fourth-order valence-electron chi connectivity index (χ4n) is 6.24. The molecule has 1 aromatic carbocycles. The Morgan fingerprint density at radius 2 is 1.72 bits per heavy atom. The minimum absolute atomic E-state index is 0.0458. The van der Waals surface area contributed by atoms with Gasteiger partial charge >= 0.3 is 6.03 Å². The summed E-state index contributed by atoms with van der Waals surface area (Å²) in [7, 11) is 1.88. The van der Waals surface area contributed by atoms with Crippen molar-refractivity contribution in [1.82, 2.24) is 34.9 Å². The van der Waals surface area contributed by atoms with Gasteiger partial charge in [0.15, 0.2) is 5.82 Å². The summed E-state index contributed by atoms with van der Waals surface area (Å²) in [6, 6.07) is 15.8. The molecule has 1 saturated carbocycles. The van der Waals surface area contributed by atoms with Gasteiger partial charge in [0.05, 0.1) is 12.4 Å². The van der Waals surface area contributed by atoms with Crippen LogP contribution in [0.5, 0.6) is 0 Å². The lowest BCUT2D eigenvalue weighted by Gasteiger charge is -2.37. The number of nitrogens with one attached hydrogen (secondary N) is 2. The Morgan fingerprint density at radius 3 is 2.36 bits per heavy atom. The average Bonchev–Trinajstić information content (AvgIpc) is 3.55. The van der Waals surface area contributed by atoms with E-state index in [1.54, 1.807) is 40.0 Å². The molecule has 3 aromatic heterocycles.